The number of benzene rings is 1. The van der Waals surface area contributed by atoms with Crippen molar-refractivity contribution in [3.8, 4) is 0 Å². The van der Waals surface area contributed by atoms with Crippen molar-refractivity contribution in [3.63, 3.8) is 0 Å². The Hall–Kier alpha value is -0.870. The quantitative estimate of drug-likeness (QED) is 0.868. The summed E-state index contributed by atoms with van der Waals surface area (Å²) < 4.78 is 23.3. The van der Waals surface area contributed by atoms with Crippen LogP contribution in [-0.4, -0.2) is 20.2 Å². The van der Waals surface area contributed by atoms with E-state index in [1.807, 2.05) is 19.1 Å². The van der Waals surface area contributed by atoms with E-state index in [1.54, 1.807) is 6.07 Å². The van der Waals surface area contributed by atoms with E-state index < -0.39 is 9.84 Å². The average Bonchev–Trinajstić information content (AvgIpc) is 2.85. The van der Waals surface area contributed by atoms with Crippen molar-refractivity contribution in [3.05, 3.63) is 29.3 Å². The van der Waals surface area contributed by atoms with Crippen molar-refractivity contribution in [2.24, 2.45) is 5.73 Å². The highest BCUT2D eigenvalue weighted by molar-refractivity contribution is 7.90. The predicted octanol–water partition coefficient (Wildman–Crippen LogP) is 1.43. The zero-order chi connectivity index (χ0) is 12.0. The van der Waals surface area contributed by atoms with Crippen LogP contribution < -0.4 is 5.73 Å². The van der Waals surface area contributed by atoms with Crippen LogP contribution in [0.25, 0.3) is 0 Å². The number of hydrogen-bond donors (Lipinski definition) is 1. The molecule has 3 nitrogen and oxygen atoms in total. The minimum absolute atomic E-state index is 0.158. The Labute approximate surface area is 96.6 Å². The van der Waals surface area contributed by atoms with Crippen LogP contribution in [0.2, 0.25) is 0 Å². The van der Waals surface area contributed by atoms with Crippen molar-refractivity contribution >= 4 is 9.84 Å². The highest BCUT2D eigenvalue weighted by atomic mass is 32.2. The first-order valence-corrected chi connectivity index (χ1v) is 7.28. The van der Waals surface area contributed by atoms with Crippen molar-refractivity contribution in [1.29, 1.82) is 0 Å². The van der Waals surface area contributed by atoms with Crippen LogP contribution in [0, 0.1) is 6.92 Å². The summed E-state index contributed by atoms with van der Waals surface area (Å²) in [5.74, 6) is 0. The normalized spacial score (nSPS) is 18.4. The molecule has 0 atom stereocenters. The molecule has 1 fully saturated rings. The largest absolute Gasteiger partial charge is 0.325 e. The summed E-state index contributed by atoms with van der Waals surface area (Å²) in [6, 6.07) is 5.56. The number of nitrogens with two attached hydrogens (primary N) is 1. The maximum atomic E-state index is 11.7. The fourth-order valence-corrected chi connectivity index (χ4v) is 2.89. The lowest BCUT2D eigenvalue weighted by atomic mass is 10.0. The highest BCUT2D eigenvalue weighted by Crippen LogP contribution is 2.37. The Morgan fingerprint density at radius 2 is 2.00 bits per heavy atom. The van der Waals surface area contributed by atoms with Gasteiger partial charge in [0.15, 0.2) is 9.84 Å². The van der Waals surface area contributed by atoms with E-state index in [4.69, 9.17) is 5.73 Å². The molecule has 0 unspecified atom stereocenters. The highest BCUT2D eigenvalue weighted by Gasteiger charge is 2.38. The van der Waals surface area contributed by atoms with E-state index in [2.05, 4.69) is 0 Å². The van der Waals surface area contributed by atoms with Crippen LogP contribution in [0.5, 0.6) is 0 Å². The van der Waals surface area contributed by atoms with Gasteiger partial charge in [-0.25, -0.2) is 8.42 Å². The molecule has 0 aliphatic heterocycles. The SMILES string of the molecule is Cc1ccc(CC2(N)CC2)c(S(C)(=O)=O)c1. The van der Waals surface area contributed by atoms with Crippen LogP contribution in [0.15, 0.2) is 23.1 Å². The topological polar surface area (TPSA) is 60.2 Å². The van der Waals surface area contributed by atoms with Gasteiger partial charge in [-0.3, -0.25) is 0 Å². The van der Waals surface area contributed by atoms with Gasteiger partial charge < -0.3 is 5.73 Å². The smallest absolute Gasteiger partial charge is 0.175 e. The van der Waals surface area contributed by atoms with Gasteiger partial charge in [0.1, 0.15) is 0 Å². The average molecular weight is 239 g/mol. The maximum Gasteiger partial charge on any atom is 0.175 e. The Balaban J connectivity index is 2.44. The molecular formula is C12H17NO2S. The summed E-state index contributed by atoms with van der Waals surface area (Å²) in [6.07, 6.45) is 3.89. The second-order valence-electron chi connectivity index (χ2n) is 4.92. The Morgan fingerprint density at radius 1 is 1.38 bits per heavy atom. The molecule has 0 radical (unpaired) electrons. The monoisotopic (exact) mass is 239 g/mol. The van der Waals surface area contributed by atoms with Crippen molar-refractivity contribution < 1.29 is 8.42 Å². The zero-order valence-electron chi connectivity index (χ0n) is 9.66. The first-order chi connectivity index (χ1) is 7.30. The van der Waals surface area contributed by atoms with E-state index in [-0.39, 0.29) is 5.54 Å². The first-order valence-electron chi connectivity index (χ1n) is 5.39. The molecule has 0 amide bonds. The van der Waals surface area contributed by atoms with Gasteiger partial charge in [0, 0.05) is 11.8 Å². The van der Waals surface area contributed by atoms with Gasteiger partial charge in [-0.05, 0) is 43.4 Å². The lowest BCUT2D eigenvalue weighted by Gasteiger charge is -2.13. The molecule has 1 aliphatic rings. The Kier molecular flexibility index (Phi) is 2.59. The van der Waals surface area contributed by atoms with Gasteiger partial charge in [0.25, 0.3) is 0 Å². The molecule has 16 heavy (non-hydrogen) atoms. The minimum atomic E-state index is -3.16. The molecule has 88 valence electrons. The molecule has 0 spiro atoms. The zero-order valence-corrected chi connectivity index (χ0v) is 10.5. The summed E-state index contributed by atoms with van der Waals surface area (Å²) >= 11 is 0. The second-order valence-corrected chi connectivity index (χ2v) is 6.91. The molecule has 1 aromatic carbocycles. The third kappa shape index (κ3) is 2.44. The van der Waals surface area contributed by atoms with Gasteiger partial charge in [-0.15, -0.1) is 0 Å². The van der Waals surface area contributed by atoms with Gasteiger partial charge in [0.05, 0.1) is 4.90 Å². The van der Waals surface area contributed by atoms with Crippen molar-refractivity contribution in [1.82, 2.24) is 0 Å². The summed E-state index contributed by atoms with van der Waals surface area (Å²) in [5, 5.41) is 0. The summed E-state index contributed by atoms with van der Waals surface area (Å²) in [5.41, 5.74) is 7.69. The molecule has 0 heterocycles. The van der Waals surface area contributed by atoms with E-state index in [9.17, 15) is 8.42 Å². The summed E-state index contributed by atoms with van der Waals surface area (Å²) in [6.45, 7) is 1.90. The fraction of sp³-hybridized carbons (Fsp3) is 0.500. The van der Waals surface area contributed by atoms with Crippen LogP contribution in [0.3, 0.4) is 0 Å². The number of sulfone groups is 1. The molecule has 4 heteroatoms. The molecule has 1 aliphatic carbocycles. The number of rotatable bonds is 3. The molecule has 1 aromatic rings. The first kappa shape index (κ1) is 11.6. The minimum Gasteiger partial charge on any atom is -0.325 e. The van der Waals surface area contributed by atoms with Gasteiger partial charge in [-0.1, -0.05) is 12.1 Å². The van der Waals surface area contributed by atoms with Crippen molar-refractivity contribution in [2.45, 2.75) is 36.6 Å². The Bertz CT molecular complexity index is 516. The van der Waals surface area contributed by atoms with Crippen LogP contribution >= 0.6 is 0 Å². The molecule has 1 saturated carbocycles. The lowest BCUT2D eigenvalue weighted by molar-refractivity contribution is 0.598. The van der Waals surface area contributed by atoms with E-state index in [1.165, 1.54) is 6.26 Å². The third-order valence-corrected chi connectivity index (χ3v) is 4.24. The molecule has 0 saturated heterocycles. The van der Waals surface area contributed by atoms with E-state index in [0.717, 1.165) is 24.0 Å². The number of aryl methyl sites for hydroxylation is 1. The fourth-order valence-electron chi connectivity index (χ4n) is 1.87. The molecular weight excluding hydrogens is 222 g/mol. The van der Waals surface area contributed by atoms with E-state index >= 15 is 0 Å². The molecule has 0 bridgehead atoms. The lowest BCUT2D eigenvalue weighted by Crippen LogP contribution is -2.25. The standard InChI is InChI=1S/C12H17NO2S/c1-9-3-4-10(8-12(13)5-6-12)11(7-9)16(2,14)15/h3-4,7H,5-6,8,13H2,1-2H3. The molecule has 2 N–H and O–H groups in total. The van der Waals surface area contributed by atoms with Gasteiger partial charge in [0.2, 0.25) is 0 Å². The number of hydrogen-bond acceptors (Lipinski definition) is 3. The van der Waals surface area contributed by atoms with Gasteiger partial charge >= 0.3 is 0 Å². The molecule has 2 rings (SSSR count). The van der Waals surface area contributed by atoms with Gasteiger partial charge in [-0.2, -0.15) is 0 Å². The van der Waals surface area contributed by atoms with Crippen molar-refractivity contribution in [2.75, 3.05) is 6.26 Å². The summed E-state index contributed by atoms with van der Waals surface area (Å²) in [4.78, 5) is 0.434. The maximum absolute atomic E-state index is 11.7. The third-order valence-electron chi connectivity index (χ3n) is 3.06. The van der Waals surface area contributed by atoms with E-state index in [0.29, 0.717) is 11.3 Å². The predicted molar refractivity (Wildman–Crippen MR) is 64.1 cm³/mol. The van der Waals surface area contributed by atoms with Crippen LogP contribution in [0.1, 0.15) is 24.0 Å². The van der Waals surface area contributed by atoms with Crippen LogP contribution in [0.4, 0.5) is 0 Å². The Morgan fingerprint density at radius 3 is 2.50 bits per heavy atom. The second kappa shape index (κ2) is 3.57. The summed E-state index contributed by atoms with van der Waals surface area (Å²) in [7, 11) is -3.16. The molecule has 0 aromatic heterocycles. The van der Waals surface area contributed by atoms with Crippen LogP contribution in [-0.2, 0) is 16.3 Å².